The van der Waals surface area contributed by atoms with E-state index in [1.54, 1.807) is 49.8 Å². The van der Waals surface area contributed by atoms with Gasteiger partial charge in [-0.2, -0.15) is 0 Å². The van der Waals surface area contributed by atoms with Gasteiger partial charge in [0.05, 0.1) is 6.61 Å². The molecule has 0 unspecified atom stereocenters. The van der Waals surface area contributed by atoms with Crippen molar-refractivity contribution >= 4 is 24.1 Å². The largest absolute Gasteiger partial charge is 0.383 e. The molecule has 130 valence electrons. The number of rotatable bonds is 9. The molecule has 2 aromatic rings. The van der Waals surface area contributed by atoms with Crippen molar-refractivity contribution in [3.05, 3.63) is 59.4 Å². The zero-order valence-corrected chi connectivity index (χ0v) is 14.3. The zero-order chi connectivity index (χ0) is 16.5. The van der Waals surface area contributed by atoms with Gasteiger partial charge in [-0.1, -0.05) is 12.1 Å². The third-order valence-corrected chi connectivity index (χ3v) is 3.34. The molecule has 0 aliphatic heterocycles. The van der Waals surface area contributed by atoms with Crippen LogP contribution in [0.5, 0.6) is 0 Å². The Balaban J connectivity index is 0.00000288. The van der Waals surface area contributed by atoms with Gasteiger partial charge in [-0.15, -0.1) is 12.4 Å². The number of carbonyl (C=O) groups is 2. The van der Waals surface area contributed by atoms with Gasteiger partial charge in [0, 0.05) is 55.8 Å². The summed E-state index contributed by atoms with van der Waals surface area (Å²) in [4.78, 5) is 27.0. The molecule has 3 N–H and O–H groups in total. The summed E-state index contributed by atoms with van der Waals surface area (Å²) in [6, 6.07) is 8.38. The Morgan fingerprint density at radius 3 is 2.33 bits per heavy atom. The summed E-state index contributed by atoms with van der Waals surface area (Å²) in [7, 11) is 1.65. The Morgan fingerprint density at radius 2 is 1.71 bits per heavy atom. The van der Waals surface area contributed by atoms with Crippen LogP contribution >= 0.6 is 12.4 Å². The first-order valence-corrected chi connectivity index (χ1v) is 7.48. The molecule has 0 radical (unpaired) electrons. The summed E-state index contributed by atoms with van der Waals surface area (Å²) >= 11 is 0. The molecule has 0 saturated heterocycles. The Bertz CT molecular complexity index is 627. The first-order valence-electron chi connectivity index (χ1n) is 7.48. The van der Waals surface area contributed by atoms with Crippen LogP contribution in [0.3, 0.4) is 0 Å². The van der Waals surface area contributed by atoms with Gasteiger partial charge in [0.15, 0.2) is 5.78 Å². The lowest BCUT2D eigenvalue weighted by Gasteiger charge is -2.07. The second-order valence-electron chi connectivity index (χ2n) is 5.00. The minimum absolute atomic E-state index is 0. The summed E-state index contributed by atoms with van der Waals surface area (Å²) in [6.07, 6.45) is 3.36. The number of methoxy groups -OCH3 is 1. The van der Waals surface area contributed by atoms with Crippen LogP contribution in [0.2, 0.25) is 0 Å². The van der Waals surface area contributed by atoms with Crippen molar-refractivity contribution in [2.75, 3.05) is 33.4 Å². The van der Waals surface area contributed by atoms with Crippen molar-refractivity contribution < 1.29 is 14.3 Å². The third kappa shape index (κ3) is 5.81. The van der Waals surface area contributed by atoms with Crippen LogP contribution in [-0.4, -0.2) is 50.0 Å². The predicted molar refractivity (Wildman–Crippen MR) is 95.0 cm³/mol. The first-order chi connectivity index (χ1) is 11.2. The first kappa shape index (κ1) is 19.9. The molecule has 0 bridgehead atoms. The molecule has 1 aromatic heterocycles. The predicted octanol–water partition coefficient (Wildman–Crippen LogP) is 1.63. The highest BCUT2D eigenvalue weighted by Crippen LogP contribution is 2.10. The molecule has 0 saturated carbocycles. The van der Waals surface area contributed by atoms with Gasteiger partial charge >= 0.3 is 0 Å². The number of nitrogens with one attached hydrogen (secondary N) is 3. The summed E-state index contributed by atoms with van der Waals surface area (Å²) in [5, 5.41) is 5.97. The van der Waals surface area contributed by atoms with E-state index in [0.29, 0.717) is 36.4 Å². The number of H-pyrrole nitrogens is 1. The fourth-order valence-electron chi connectivity index (χ4n) is 2.07. The van der Waals surface area contributed by atoms with E-state index in [4.69, 9.17) is 4.74 Å². The Labute approximate surface area is 147 Å². The monoisotopic (exact) mass is 351 g/mol. The molecule has 7 heteroatoms. The van der Waals surface area contributed by atoms with Gasteiger partial charge in [-0.05, 0) is 18.2 Å². The van der Waals surface area contributed by atoms with E-state index >= 15 is 0 Å². The van der Waals surface area contributed by atoms with Crippen LogP contribution in [0.4, 0.5) is 0 Å². The Morgan fingerprint density at radius 1 is 1.00 bits per heavy atom. The second-order valence-corrected chi connectivity index (χ2v) is 5.00. The van der Waals surface area contributed by atoms with Crippen molar-refractivity contribution in [2.45, 2.75) is 0 Å². The quantitative estimate of drug-likeness (QED) is 0.473. The average Bonchev–Trinajstić information content (AvgIpc) is 3.12. The number of amides is 1. The molecular weight excluding hydrogens is 330 g/mol. The number of carbonyl (C=O) groups excluding carboxylic acids is 2. The van der Waals surface area contributed by atoms with Crippen LogP contribution in [0.1, 0.15) is 26.3 Å². The topological polar surface area (TPSA) is 83.2 Å². The third-order valence-electron chi connectivity index (χ3n) is 3.34. The molecule has 6 nitrogen and oxygen atoms in total. The van der Waals surface area contributed by atoms with Crippen molar-refractivity contribution in [1.82, 2.24) is 15.6 Å². The summed E-state index contributed by atoms with van der Waals surface area (Å²) in [6.45, 7) is 2.61. The normalized spacial score (nSPS) is 10.0. The van der Waals surface area contributed by atoms with E-state index in [9.17, 15) is 9.59 Å². The maximum Gasteiger partial charge on any atom is 0.251 e. The summed E-state index contributed by atoms with van der Waals surface area (Å²) < 4.78 is 4.92. The minimum atomic E-state index is -0.154. The van der Waals surface area contributed by atoms with E-state index in [-0.39, 0.29) is 24.1 Å². The van der Waals surface area contributed by atoms with Gasteiger partial charge in [-0.25, -0.2) is 0 Å². The van der Waals surface area contributed by atoms with Gasteiger partial charge in [-0.3, -0.25) is 9.59 Å². The SMILES string of the molecule is COCCNCCNC(=O)c1ccc(C(=O)c2cc[nH]c2)cc1.Cl. The maximum atomic E-state index is 12.1. The number of halogens is 1. The second kappa shape index (κ2) is 10.6. The highest BCUT2D eigenvalue weighted by molar-refractivity contribution is 6.09. The van der Waals surface area contributed by atoms with Crippen LogP contribution in [0, 0.1) is 0 Å². The summed E-state index contributed by atoms with van der Waals surface area (Å²) in [5.41, 5.74) is 1.69. The number of hydrogen-bond donors (Lipinski definition) is 3. The molecular formula is C17H22ClN3O3. The molecule has 24 heavy (non-hydrogen) atoms. The number of aromatic amines is 1. The van der Waals surface area contributed by atoms with Crippen molar-refractivity contribution in [1.29, 1.82) is 0 Å². The van der Waals surface area contributed by atoms with E-state index in [0.717, 1.165) is 6.54 Å². The summed E-state index contributed by atoms with van der Waals surface area (Å²) in [5.74, 6) is -0.222. The van der Waals surface area contributed by atoms with Gasteiger partial charge in [0.1, 0.15) is 0 Å². The van der Waals surface area contributed by atoms with Crippen molar-refractivity contribution in [3.63, 3.8) is 0 Å². The number of benzene rings is 1. The van der Waals surface area contributed by atoms with Crippen LogP contribution in [0.15, 0.2) is 42.7 Å². The molecule has 2 rings (SSSR count). The lowest BCUT2D eigenvalue weighted by atomic mass is 10.0. The number of aromatic nitrogens is 1. The number of hydrogen-bond acceptors (Lipinski definition) is 4. The van der Waals surface area contributed by atoms with Gasteiger partial charge in [0.2, 0.25) is 0 Å². The van der Waals surface area contributed by atoms with E-state index in [1.807, 2.05) is 0 Å². The maximum absolute atomic E-state index is 12.1. The molecule has 0 atom stereocenters. The molecule has 1 aromatic carbocycles. The highest BCUT2D eigenvalue weighted by Gasteiger charge is 2.10. The van der Waals surface area contributed by atoms with Crippen LogP contribution in [0.25, 0.3) is 0 Å². The van der Waals surface area contributed by atoms with Gasteiger partial charge < -0.3 is 20.4 Å². The highest BCUT2D eigenvalue weighted by atomic mass is 35.5. The van der Waals surface area contributed by atoms with Crippen molar-refractivity contribution in [3.8, 4) is 0 Å². The number of ketones is 1. The van der Waals surface area contributed by atoms with E-state index in [2.05, 4.69) is 15.6 Å². The lowest BCUT2D eigenvalue weighted by molar-refractivity contribution is 0.0952. The Kier molecular flexibility index (Phi) is 8.78. The molecule has 1 heterocycles. The van der Waals surface area contributed by atoms with Crippen molar-refractivity contribution in [2.24, 2.45) is 0 Å². The molecule has 0 spiro atoms. The van der Waals surface area contributed by atoms with Crippen LogP contribution in [-0.2, 0) is 4.74 Å². The lowest BCUT2D eigenvalue weighted by Crippen LogP contribution is -2.33. The standard InChI is InChI=1S/C17H21N3O3.ClH/c1-23-11-10-18-8-9-20-17(22)14-4-2-13(3-5-14)16(21)15-6-7-19-12-15;/h2-7,12,18-19H,8-11H2,1H3,(H,20,22);1H. The van der Waals surface area contributed by atoms with Gasteiger partial charge in [0.25, 0.3) is 5.91 Å². The fourth-order valence-corrected chi connectivity index (χ4v) is 2.07. The molecule has 0 fully saturated rings. The zero-order valence-electron chi connectivity index (χ0n) is 13.5. The minimum Gasteiger partial charge on any atom is -0.383 e. The average molecular weight is 352 g/mol. The van der Waals surface area contributed by atoms with Crippen LogP contribution < -0.4 is 10.6 Å². The molecule has 1 amide bonds. The molecule has 0 aliphatic carbocycles. The number of ether oxygens (including phenoxy) is 1. The molecule has 0 aliphatic rings. The Hall–Kier alpha value is -2.15. The van der Waals surface area contributed by atoms with E-state index in [1.165, 1.54) is 0 Å². The van der Waals surface area contributed by atoms with E-state index < -0.39 is 0 Å². The fraction of sp³-hybridized carbons (Fsp3) is 0.294. The smallest absolute Gasteiger partial charge is 0.251 e.